The van der Waals surface area contributed by atoms with E-state index >= 15 is 0 Å². The summed E-state index contributed by atoms with van der Waals surface area (Å²) in [5.74, 6) is -1.11. The number of carbonyl (C=O) groups is 3. The molecule has 3 fully saturated rings. The summed E-state index contributed by atoms with van der Waals surface area (Å²) in [5.41, 5.74) is 0.289. The molecule has 3 amide bonds. The average Bonchev–Trinajstić information content (AvgIpc) is 3.47. The Hall–Kier alpha value is -2.98. The van der Waals surface area contributed by atoms with Crippen LogP contribution >= 0.6 is 11.6 Å². The number of aromatic amines is 1. The molecule has 1 spiro atoms. The van der Waals surface area contributed by atoms with Crippen LogP contribution < -0.4 is 10.2 Å². The summed E-state index contributed by atoms with van der Waals surface area (Å²) in [7, 11) is 0. The lowest BCUT2D eigenvalue weighted by Gasteiger charge is -2.36. The van der Waals surface area contributed by atoms with Gasteiger partial charge in [0.1, 0.15) is 11.5 Å². The monoisotopic (exact) mass is 503 g/mol. The zero-order valence-corrected chi connectivity index (χ0v) is 19.9. The largest absolute Gasteiger partial charge is 0.378 e. The van der Waals surface area contributed by atoms with Gasteiger partial charge in [-0.1, -0.05) is 11.6 Å². The number of imidazole rings is 1. The van der Waals surface area contributed by atoms with Gasteiger partial charge < -0.3 is 24.8 Å². The van der Waals surface area contributed by atoms with Crippen molar-refractivity contribution in [1.82, 2.24) is 20.2 Å². The highest BCUT2D eigenvalue weighted by Gasteiger charge is 2.49. The highest BCUT2D eigenvalue weighted by Crippen LogP contribution is 2.47. The molecule has 35 heavy (non-hydrogen) atoms. The Bertz CT molecular complexity index is 1140. The third kappa shape index (κ3) is 4.52. The van der Waals surface area contributed by atoms with E-state index in [1.807, 2.05) is 0 Å². The number of nitrogens with zero attached hydrogens (tertiary/aromatic N) is 3. The van der Waals surface area contributed by atoms with Gasteiger partial charge in [0, 0.05) is 25.7 Å². The predicted octanol–water partition coefficient (Wildman–Crippen LogP) is 2.77. The van der Waals surface area contributed by atoms with Gasteiger partial charge in [-0.15, -0.1) is 0 Å². The number of aromatic nitrogens is 2. The Morgan fingerprint density at radius 3 is 2.63 bits per heavy atom. The van der Waals surface area contributed by atoms with Gasteiger partial charge in [-0.05, 0) is 50.3 Å². The average molecular weight is 504 g/mol. The number of carbonyl (C=O) groups excluding carboxylic acids is 3. The number of hydrogen-bond donors (Lipinski definition) is 2. The molecule has 9 nitrogen and oxygen atoms in total. The molecule has 0 bridgehead atoms. The second-order valence-corrected chi connectivity index (χ2v) is 9.77. The maximum atomic E-state index is 13.4. The summed E-state index contributed by atoms with van der Waals surface area (Å²) in [5, 5.41) is 3.23. The first-order valence-corrected chi connectivity index (χ1v) is 12.2. The van der Waals surface area contributed by atoms with Crippen LogP contribution in [0.5, 0.6) is 0 Å². The minimum Gasteiger partial charge on any atom is -0.378 e. The number of H-pyrrole nitrogens is 1. The van der Waals surface area contributed by atoms with Crippen LogP contribution in [0.15, 0.2) is 24.5 Å². The molecule has 1 aromatic carbocycles. The third-order valence-corrected chi connectivity index (χ3v) is 7.66. The number of halogens is 2. The Labute approximate surface area is 207 Å². The normalized spacial score (nSPS) is 24.7. The van der Waals surface area contributed by atoms with Crippen molar-refractivity contribution < 1.29 is 23.5 Å². The SMILES string of the molecule is O=C(N[C@H]1CC[C@@]2(CCN(c3ccc(F)cc3Cl)C2=O)CC1)c1[nH]cnc1C(=O)N1CCOCC1. The van der Waals surface area contributed by atoms with Gasteiger partial charge in [0.25, 0.3) is 11.8 Å². The summed E-state index contributed by atoms with van der Waals surface area (Å²) in [6.07, 6.45) is 4.60. The van der Waals surface area contributed by atoms with Crippen molar-refractivity contribution in [2.75, 3.05) is 37.7 Å². The third-order valence-electron chi connectivity index (χ3n) is 7.36. The topological polar surface area (TPSA) is 108 Å². The van der Waals surface area contributed by atoms with Crippen molar-refractivity contribution in [3.05, 3.63) is 46.8 Å². The smallest absolute Gasteiger partial charge is 0.275 e. The van der Waals surface area contributed by atoms with Gasteiger partial charge in [-0.3, -0.25) is 14.4 Å². The second kappa shape index (κ2) is 9.58. The number of ether oxygens (including phenoxy) is 1. The van der Waals surface area contributed by atoms with Crippen LogP contribution in [0, 0.1) is 11.2 Å². The maximum absolute atomic E-state index is 13.4. The summed E-state index contributed by atoms with van der Waals surface area (Å²) in [6, 6.07) is 3.95. The first kappa shape index (κ1) is 23.7. The van der Waals surface area contributed by atoms with E-state index in [2.05, 4.69) is 15.3 Å². The fraction of sp³-hybridized carbons (Fsp3) is 0.500. The molecule has 186 valence electrons. The van der Waals surface area contributed by atoms with Crippen molar-refractivity contribution >= 4 is 35.0 Å². The number of rotatable bonds is 4. The van der Waals surface area contributed by atoms with Crippen LogP contribution in [-0.2, 0) is 9.53 Å². The predicted molar refractivity (Wildman–Crippen MR) is 126 cm³/mol. The van der Waals surface area contributed by atoms with Crippen molar-refractivity contribution in [3.8, 4) is 0 Å². The Balaban J connectivity index is 1.20. The molecule has 2 aromatic rings. The van der Waals surface area contributed by atoms with Gasteiger partial charge in [0.2, 0.25) is 5.91 Å². The van der Waals surface area contributed by atoms with Crippen molar-refractivity contribution in [1.29, 1.82) is 0 Å². The Morgan fingerprint density at radius 1 is 1.17 bits per heavy atom. The van der Waals surface area contributed by atoms with E-state index in [9.17, 15) is 18.8 Å². The van der Waals surface area contributed by atoms with Gasteiger partial charge in [0.05, 0.1) is 35.7 Å². The molecule has 1 aliphatic carbocycles. The van der Waals surface area contributed by atoms with E-state index in [4.69, 9.17) is 16.3 Å². The van der Waals surface area contributed by atoms with Crippen LogP contribution in [0.2, 0.25) is 5.02 Å². The number of amides is 3. The van der Waals surface area contributed by atoms with E-state index in [1.54, 1.807) is 15.9 Å². The fourth-order valence-corrected chi connectivity index (χ4v) is 5.60. The minimum absolute atomic E-state index is 0.00254. The van der Waals surface area contributed by atoms with E-state index < -0.39 is 11.2 Å². The standard InChI is InChI=1S/C24H27ClFN5O4/c25-17-13-15(26)1-2-18(17)31-8-7-24(23(31)34)5-3-16(4-6-24)29-21(32)19-20(28-14-27-19)22(33)30-9-11-35-12-10-30/h1-2,13-14,16H,3-12H2,(H,27,28)(H,29,32)/t16-,24-. The second-order valence-electron chi connectivity index (χ2n) is 9.36. The maximum Gasteiger partial charge on any atom is 0.275 e. The van der Waals surface area contributed by atoms with E-state index in [1.165, 1.54) is 18.5 Å². The molecule has 11 heteroatoms. The molecule has 0 unspecified atom stereocenters. The number of nitrogens with one attached hydrogen (secondary N) is 2. The minimum atomic E-state index is -0.496. The molecule has 1 aromatic heterocycles. The quantitative estimate of drug-likeness (QED) is 0.667. The van der Waals surface area contributed by atoms with Crippen molar-refractivity contribution in [2.45, 2.75) is 38.1 Å². The van der Waals surface area contributed by atoms with Crippen LogP contribution in [0.1, 0.15) is 53.1 Å². The number of hydrogen-bond acceptors (Lipinski definition) is 5. The highest BCUT2D eigenvalue weighted by atomic mass is 35.5. The van der Waals surface area contributed by atoms with Crippen molar-refractivity contribution in [2.24, 2.45) is 5.41 Å². The van der Waals surface area contributed by atoms with E-state index in [-0.39, 0.29) is 40.2 Å². The molecule has 2 N–H and O–H groups in total. The number of anilines is 1. The molecule has 2 aliphatic heterocycles. The molecule has 2 saturated heterocycles. The van der Waals surface area contributed by atoms with Crippen LogP contribution in [-0.4, -0.2) is 71.5 Å². The van der Waals surface area contributed by atoms with Crippen LogP contribution in [0.4, 0.5) is 10.1 Å². The zero-order chi connectivity index (χ0) is 24.6. The molecule has 5 rings (SSSR count). The van der Waals surface area contributed by atoms with Gasteiger partial charge in [0.15, 0.2) is 5.69 Å². The Morgan fingerprint density at radius 2 is 1.91 bits per heavy atom. The zero-order valence-electron chi connectivity index (χ0n) is 19.2. The fourth-order valence-electron chi connectivity index (χ4n) is 5.33. The van der Waals surface area contributed by atoms with E-state index in [0.717, 1.165) is 0 Å². The molecule has 3 aliphatic rings. The summed E-state index contributed by atoms with van der Waals surface area (Å²) < 4.78 is 18.7. The molecular weight excluding hydrogens is 477 g/mol. The molecule has 1 saturated carbocycles. The lowest BCUT2D eigenvalue weighted by atomic mass is 9.71. The van der Waals surface area contributed by atoms with Crippen LogP contribution in [0.25, 0.3) is 0 Å². The molecule has 0 radical (unpaired) electrons. The molecule has 3 heterocycles. The Kier molecular flexibility index (Phi) is 6.50. The number of benzene rings is 1. The number of morpholine rings is 1. The first-order chi connectivity index (χ1) is 16.9. The highest BCUT2D eigenvalue weighted by molar-refractivity contribution is 6.34. The summed E-state index contributed by atoms with van der Waals surface area (Å²) in [6.45, 7) is 2.38. The molecule has 0 atom stereocenters. The first-order valence-electron chi connectivity index (χ1n) is 11.9. The summed E-state index contributed by atoms with van der Waals surface area (Å²) in [4.78, 5) is 49.3. The van der Waals surface area contributed by atoms with Crippen LogP contribution in [0.3, 0.4) is 0 Å². The van der Waals surface area contributed by atoms with Gasteiger partial charge in [-0.2, -0.15) is 0 Å². The molecular formula is C24H27ClFN5O4. The van der Waals surface area contributed by atoms with Gasteiger partial charge in [-0.25, -0.2) is 9.37 Å². The van der Waals surface area contributed by atoms with E-state index in [0.29, 0.717) is 70.6 Å². The van der Waals surface area contributed by atoms with Gasteiger partial charge >= 0.3 is 0 Å². The lowest BCUT2D eigenvalue weighted by Crippen LogP contribution is -2.45. The van der Waals surface area contributed by atoms with Crippen molar-refractivity contribution in [3.63, 3.8) is 0 Å². The summed E-state index contributed by atoms with van der Waals surface area (Å²) >= 11 is 6.19. The lowest BCUT2D eigenvalue weighted by molar-refractivity contribution is -0.127.